The normalized spacial score (nSPS) is 13.8. The minimum atomic E-state index is -0.282. The van der Waals surface area contributed by atoms with Crippen LogP contribution in [0.15, 0.2) is 11.4 Å². The summed E-state index contributed by atoms with van der Waals surface area (Å²) in [5.41, 5.74) is 1.40. The third-order valence-electron chi connectivity index (χ3n) is 1.47. The van der Waals surface area contributed by atoms with Crippen LogP contribution in [0.1, 0.15) is 27.7 Å². The van der Waals surface area contributed by atoms with Crippen molar-refractivity contribution in [3.8, 4) is 0 Å². The van der Waals surface area contributed by atoms with Crippen LogP contribution in [-0.2, 0) is 9.53 Å². The molecule has 0 aliphatic carbocycles. The molecule has 0 bridgehead atoms. The van der Waals surface area contributed by atoms with E-state index in [1.54, 1.807) is 6.92 Å². The van der Waals surface area contributed by atoms with E-state index in [0.29, 0.717) is 19.0 Å². The van der Waals surface area contributed by atoms with E-state index < -0.39 is 0 Å². The minimum Gasteiger partial charge on any atom is -0.461 e. The van der Waals surface area contributed by atoms with Crippen LogP contribution in [-0.4, -0.2) is 19.2 Å². The molecule has 1 aliphatic rings. The quantitative estimate of drug-likeness (QED) is 0.631. The molecule has 0 atom stereocenters. The number of hydrogen-bond acceptors (Lipinski definition) is 4. The van der Waals surface area contributed by atoms with Gasteiger partial charge in [-0.2, -0.15) is 0 Å². The zero-order valence-electron chi connectivity index (χ0n) is 8.73. The van der Waals surface area contributed by atoms with Gasteiger partial charge in [-0.25, -0.2) is 4.79 Å². The van der Waals surface area contributed by atoms with Crippen LogP contribution in [0.3, 0.4) is 0 Å². The fourth-order valence-corrected chi connectivity index (χ4v) is 0.915. The van der Waals surface area contributed by atoms with Crippen molar-refractivity contribution < 1.29 is 9.53 Å². The van der Waals surface area contributed by atoms with E-state index in [-0.39, 0.29) is 5.97 Å². The second-order valence-corrected chi connectivity index (χ2v) is 2.25. The number of allylic oxidation sites excluding steroid dienone is 1. The van der Waals surface area contributed by atoms with Crippen molar-refractivity contribution in [1.82, 2.24) is 10.6 Å². The Hall–Kier alpha value is -1.19. The van der Waals surface area contributed by atoms with Gasteiger partial charge in [0.1, 0.15) is 5.70 Å². The topological polar surface area (TPSA) is 50.4 Å². The molecule has 13 heavy (non-hydrogen) atoms. The number of ether oxygens (including phenoxy) is 1. The number of carbonyl (C=O) groups is 1. The summed E-state index contributed by atoms with van der Waals surface area (Å²) in [5.74, 6) is -0.282. The number of hydrogen-bond donors (Lipinski definition) is 2. The summed E-state index contributed by atoms with van der Waals surface area (Å²) in [4.78, 5) is 11.1. The summed E-state index contributed by atoms with van der Waals surface area (Å²) in [5, 5.41) is 5.86. The highest BCUT2D eigenvalue weighted by atomic mass is 16.5. The maximum atomic E-state index is 11.1. The second kappa shape index (κ2) is 6.34. The molecule has 4 nitrogen and oxygen atoms in total. The van der Waals surface area contributed by atoms with Gasteiger partial charge in [0, 0.05) is 5.70 Å². The van der Waals surface area contributed by atoms with Crippen molar-refractivity contribution >= 4 is 5.97 Å². The van der Waals surface area contributed by atoms with Gasteiger partial charge in [0.15, 0.2) is 0 Å². The molecule has 1 aliphatic heterocycles. The van der Waals surface area contributed by atoms with Crippen LogP contribution in [0.25, 0.3) is 0 Å². The zero-order valence-corrected chi connectivity index (χ0v) is 8.73. The molecule has 0 amide bonds. The van der Waals surface area contributed by atoms with Crippen molar-refractivity contribution in [3.63, 3.8) is 0 Å². The van der Waals surface area contributed by atoms with Crippen molar-refractivity contribution in [1.29, 1.82) is 0 Å². The second-order valence-electron chi connectivity index (χ2n) is 2.25. The molecule has 0 saturated heterocycles. The number of nitrogens with one attached hydrogen (secondary N) is 2. The number of rotatable bonds is 2. The number of esters is 1. The molecule has 1 heterocycles. The number of carbonyl (C=O) groups excluding carboxylic acids is 1. The van der Waals surface area contributed by atoms with Gasteiger partial charge in [-0.3, -0.25) is 0 Å². The van der Waals surface area contributed by atoms with E-state index in [1.165, 1.54) is 0 Å². The Morgan fingerprint density at radius 1 is 1.46 bits per heavy atom. The monoisotopic (exact) mass is 186 g/mol. The van der Waals surface area contributed by atoms with Crippen molar-refractivity contribution in [2.75, 3.05) is 13.3 Å². The minimum absolute atomic E-state index is 0.282. The third-order valence-corrected chi connectivity index (χ3v) is 1.47. The predicted octanol–water partition coefficient (Wildman–Crippen LogP) is 0.957. The molecule has 0 fully saturated rings. The van der Waals surface area contributed by atoms with E-state index in [1.807, 2.05) is 20.8 Å². The standard InChI is InChI=1S/C7H12N2O2.C2H6/c1-3-11-7(10)6-5(2)8-4-9-6;1-2/h8-9H,3-4H2,1-2H3;1-2H3. The Morgan fingerprint density at radius 3 is 2.46 bits per heavy atom. The maximum absolute atomic E-state index is 11.1. The molecule has 0 unspecified atom stereocenters. The summed E-state index contributed by atoms with van der Waals surface area (Å²) in [6, 6.07) is 0. The van der Waals surface area contributed by atoms with Crippen LogP contribution in [0.4, 0.5) is 0 Å². The molecular weight excluding hydrogens is 168 g/mol. The van der Waals surface area contributed by atoms with Gasteiger partial charge >= 0.3 is 5.97 Å². The van der Waals surface area contributed by atoms with E-state index in [9.17, 15) is 4.79 Å². The first kappa shape index (κ1) is 11.8. The van der Waals surface area contributed by atoms with E-state index in [0.717, 1.165) is 5.70 Å². The lowest BCUT2D eigenvalue weighted by Crippen LogP contribution is -2.20. The molecule has 76 valence electrons. The van der Waals surface area contributed by atoms with Gasteiger partial charge in [-0.05, 0) is 13.8 Å². The molecule has 0 saturated carbocycles. The molecule has 1 rings (SSSR count). The average molecular weight is 186 g/mol. The van der Waals surface area contributed by atoms with Gasteiger partial charge in [0.2, 0.25) is 0 Å². The Bertz CT molecular complexity index is 200. The lowest BCUT2D eigenvalue weighted by Gasteiger charge is -2.02. The summed E-state index contributed by atoms with van der Waals surface area (Å²) >= 11 is 0. The Balaban J connectivity index is 0.000000671. The SMILES string of the molecule is CC.CCOC(=O)C1=C(C)NCN1. The largest absolute Gasteiger partial charge is 0.461 e. The summed E-state index contributed by atoms with van der Waals surface area (Å²) in [7, 11) is 0. The average Bonchev–Trinajstić information content (AvgIpc) is 2.55. The molecule has 0 radical (unpaired) electrons. The van der Waals surface area contributed by atoms with Crippen molar-refractivity contribution in [2.45, 2.75) is 27.7 Å². The molecule has 0 aromatic rings. The van der Waals surface area contributed by atoms with Gasteiger partial charge in [0.25, 0.3) is 0 Å². The van der Waals surface area contributed by atoms with Gasteiger partial charge in [-0.1, -0.05) is 13.8 Å². The first-order chi connectivity index (χ1) is 6.25. The molecule has 2 N–H and O–H groups in total. The highest BCUT2D eigenvalue weighted by Gasteiger charge is 2.17. The molecule has 0 spiro atoms. The van der Waals surface area contributed by atoms with Gasteiger partial charge in [-0.15, -0.1) is 0 Å². The molecule has 0 aromatic carbocycles. The Labute approximate surface area is 79.3 Å². The van der Waals surface area contributed by atoms with E-state index >= 15 is 0 Å². The highest BCUT2D eigenvalue weighted by molar-refractivity contribution is 5.88. The van der Waals surface area contributed by atoms with E-state index in [4.69, 9.17) is 4.74 Å². The van der Waals surface area contributed by atoms with Crippen molar-refractivity contribution in [2.24, 2.45) is 0 Å². The van der Waals surface area contributed by atoms with Crippen LogP contribution < -0.4 is 10.6 Å². The van der Waals surface area contributed by atoms with Gasteiger partial charge < -0.3 is 15.4 Å². The van der Waals surface area contributed by atoms with Crippen LogP contribution in [0, 0.1) is 0 Å². The predicted molar refractivity (Wildman–Crippen MR) is 51.8 cm³/mol. The lowest BCUT2D eigenvalue weighted by atomic mass is 10.4. The Kier molecular flexibility index (Phi) is 5.76. The first-order valence-electron chi connectivity index (χ1n) is 4.61. The smallest absolute Gasteiger partial charge is 0.356 e. The molecule has 4 heteroatoms. The highest BCUT2D eigenvalue weighted by Crippen LogP contribution is 2.03. The Morgan fingerprint density at radius 2 is 2.08 bits per heavy atom. The lowest BCUT2D eigenvalue weighted by molar-refractivity contribution is -0.138. The summed E-state index contributed by atoms with van der Waals surface area (Å²) < 4.78 is 4.80. The van der Waals surface area contributed by atoms with Crippen LogP contribution in [0.2, 0.25) is 0 Å². The molecular formula is C9H18N2O2. The van der Waals surface area contributed by atoms with Crippen LogP contribution >= 0.6 is 0 Å². The van der Waals surface area contributed by atoms with Gasteiger partial charge in [0.05, 0.1) is 13.3 Å². The summed E-state index contributed by atoms with van der Waals surface area (Å²) in [6.07, 6.45) is 0. The fraction of sp³-hybridized carbons (Fsp3) is 0.667. The van der Waals surface area contributed by atoms with E-state index in [2.05, 4.69) is 10.6 Å². The maximum Gasteiger partial charge on any atom is 0.356 e. The molecule has 0 aromatic heterocycles. The zero-order chi connectivity index (χ0) is 10.3. The third kappa shape index (κ3) is 3.36. The fourth-order valence-electron chi connectivity index (χ4n) is 0.915. The van der Waals surface area contributed by atoms with Crippen molar-refractivity contribution in [3.05, 3.63) is 11.4 Å². The van der Waals surface area contributed by atoms with Crippen LogP contribution in [0.5, 0.6) is 0 Å². The summed E-state index contributed by atoms with van der Waals surface area (Å²) in [6.45, 7) is 8.65. The first-order valence-corrected chi connectivity index (χ1v) is 4.61.